The Bertz CT molecular complexity index is 1530. The fraction of sp³-hybridized carbons (Fsp3) is 0.385. The van der Waals surface area contributed by atoms with Crippen LogP contribution in [0.25, 0.3) is 16.6 Å². The van der Waals surface area contributed by atoms with Gasteiger partial charge in [-0.25, -0.2) is 13.4 Å². The second-order valence-corrected chi connectivity index (χ2v) is 11.2. The Morgan fingerprint density at radius 1 is 1.14 bits per heavy atom. The quantitative estimate of drug-likeness (QED) is 0.360. The molecule has 1 aliphatic heterocycles. The van der Waals surface area contributed by atoms with Gasteiger partial charge in [0.05, 0.1) is 22.9 Å². The first kappa shape index (κ1) is 24.2. The molecule has 0 bridgehead atoms. The predicted molar refractivity (Wildman–Crippen MR) is 136 cm³/mol. The zero-order valence-corrected chi connectivity index (χ0v) is 21.4. The smallest absolute Gasteiger partial charge is 0.310 e. The fourth-order valence-electron chi connectivity index (χ4n) is 4.71. The lowest BCUT2D eigenvalue weighted by Crippen LogP contribution is -2.40. The molecule has 9 nitrogen and oxygen atoms in total. The first-order valence-electron chi connectivity index (χ1n) is 12.2. The topological polar surface area (TPSA) is 107 Å². The van der Waals surface area contributed by atoms with Gasteiger partial charge in [0.1, 0.15) is 5.82 Å². The largest absolute Gasteiger partial charge is 0.466 e. The molecule has 1 fully saturated rings. The second-order valence-electron chi connectivity index (χ2n) is 9.35. The summed E-state index contributed by atoms with van der Waals surface area (Å²) in [5.41, 5.74) is 1.91. The average Bonchev–Trinajstić information content (AvgIpc) is 3.34. The van der Waals surface area contributed by atoms with Gasteiger partial charge in [0.15, 0.2) is 5.65 Å². The zero-order valence-electron chi connectivity index (χ0n) is 20.6. The average molecular weight is 508 g/mol. The van der Waals surface area contributed by atoms with Gasteiger partial charge in [0.2, 0.25) is 14.9 Å². The molecule has 0 N–H and O–H groups in total. The normalized spacial score (nSPS) is 16.7. The Morgan fingerprint density at radius 2 is 1.89 bits per heavy atom. The number of rotatable bonds is 6. The molecule has 2 aromatic carbocycles. The van der Waals surface area contributed by atoms with Crippen molar-refractivity contribution in [2.45, 2.75) is 49.5 Å². The molecular weight excluding hydrogens is 478 g/mol. The number of sulfone groups is 1. The minimum absolute atomic E-state index is 0.145. The van der Waals surface area contributed by atoms with Crippen molar-refractivity contribution in [1.29, 1.82) is 0 Å². The molecule has 1 saturated heterocycles. The van der Waals surface area contributed by atoms with Crippen LogP contribution < -0.4 is 4.90 Å². The van der Waals surface area contributed by atoms with Crippen molar-refractivity contribution in [3.63, 3.8) is 0 Å². The summed E-state index contributed by atoms with van der Waals surface area (Å²) in [6, 6.07) is 14.4. The summed E-state index contributed by atoms with van der Waals surface area (Å²) in [5, 5.41) is 8.87. The van der Waals surface area contributed by atoms with Crippen molar-refractivity contribution in [2.24, 2.45) is 5.92 Å². The Morgan fingerprint density at radius 3 is 2.61 bits per heavy atom. The van der Waals surface area contributed by atoms with Crippen LogP contribution in [-0.4, -0.2) is 53.9 Å². The van der Waals surface area contributed by atoms with Crippen LogP contribution >= 0.6 is 0 Å². The maximum atomic E-state index is 13.6. The van der Waals surface area contributed by atoms with Crippen molar-refractivity contribution in [1.82, 2.24) is 19.8 Å². The number of para-hydroxylation sites is 1. The van der Waals surface area contributed by atoms with Gasteiger partial charge in [-0.1, -0.05) is 43.3 Å². The molecule has 36 heavy (non-hydrogen) atoms. The molecule has 0 saturated carbocycles. The molecule has 3 heterocycles. The number of fused-ring (bicyclic) bond motifs is 3. The lowest BCUT2D eigenvalue weighted by atomic mass is 9.98. The van der Waals surface area contributed by atoms with E-state index in [0.29, 0.717) is 31.0 Å². The van der Waals surface area contributed by atoms with Crippen LogP contribution in [0.3, 0.4) is 0 Å². The number of carbonyl (C=O) groups is 1. The van der Waals surface area contributed by atoms with Crippen molar-refractivity contribution in [2.75, 3.05) is 24.6 Å². The summed E-state index contributed by atoms with van der Waals surface area (Å²) in [7, 11) is -3.96. The van der Waals surface area contributed by atoms with Crippen LogP contribution in [0.4, 0.5) is 5.82 Å². The number of esters is 1. The molecule has 0 amide bonds. The third kappa shape index (κ3) is 4.19. The lowest BCUT2D eigenvalue weighted by molar-refractivity contribution is -0.148. The second kappa shape index (κ2) is 9.50. The molecule has 10 heteroatoms. The number of anilines is 1. The van der Waals surface area contributed by atoms with Gasteiger partial charge < -0.3 is 9.64 Å². The number of benzene rings is 2. The summed E-state index contributed by atoms with van der Waals surface area (Å²) in [6.45, 7) is 7.39. The van der Waals surface area contributed by atoms with E-state index in [1.165, 1.54) is 4.52 Å². The van der Waals surface area contributed by atoms with Gasteiger partial charge in [-0.15, -0.1) is 5.10 Å². The monoisotopic (exact) mass is 507 g/mol. The van der Waals surface area contributed by atoms with Crippen LogP contribution in [0.1, 0.15) is 45.1 Å². The van der Waals surface area contributed by atoms with Crippen LogP contribution in [0, 0.1) is 5.92 Å². The zero-order chi connectivity index (χ0) is 25.4. The predicted octanol–water partition coefficient (Wildman–Crippen LogP) is 4.01. The fourth-order valence-corrected chi connectivity index (χ4v) is 5.94. The summed E-state index contributed by atoms with van der Waals surface area (Å²) >= 11 is 0. The van der Waals surface area contributed by atoms with Gasteiger partial charge in [-0.05, 0) is 55.5 Å². The Kier molecular flexibility index (Phi) is 6.38. The Balaban J connectivity index is 1.63. The first-order chi connectivity index (χ1) is 17.3. The minimum atomic E-state index is -3.96. The highest BCUT2D eigenvalue weighted by atomic mass is 32.2. The van der Waals surface area contributed by atoms with E-state index in [0.717, 1.165) is 23.8 Å². The number of aromatic nitrogens is 4. The van der Waals surface area contributed by atoms with Gasteiger partial charge in [0.25, 0.3) is 0 Å². The van der Waals surface area contributed by atoms with E-state index in [4.69, 9.17) is 9.72 Å². The van der Waals surface area contributed by atoms with Crippen LogP contribution in [0.15, 0.2) is 58.5 Å². The number of ether oxygens (including phenoxy) is 1. The van der Waals surface area contributed by atoms with Gasteiger partial charge in [-0.3, -0.25) is 4.79 Å². The van der Waals surface area contributed by atoms with Crippen LogP contribution in [0.2, 0.25) is 0 Å². The van der Waals surface area contributed by atoms with Crippen molar-refractivity contribution in [3.05, 3.63) is 54.1 Å². The van der Waals surface area contributed by atoms with Crippen molar-refractivity contribution in [3.8, 4) is 0 Å². The molecule has 2 aromatic heterocycles. The third-order valence-electron chi connectivity index (χ3n) is 6.65. The number of hydrogen-bond donors (Lipinski definition) is 0. The van der Waals surface area contributed by atoms with Gasteiger partial charge >= 0.3 is 5.97 Å². The minimum Gasteiger partial charge on any atom is -0.466 e. The molecule has 1 aliphatic rings. The molecule has 0 radical (unpaired) electrons. The first-order valence-corrected chi connectivity index (χ1v) is 13.7. The van der Waals surface area contributed by atoms with Gasteiger partial charge in [0, 0.05) is 18.5 Å². The molecule has 4 aromatic rings. The highest BCUT2D eigenvalue weighted by Crippen LogP contribution is 2.32. The molecule has 0 aliphatic carbocycles. The highest BCUT2D eigenvalue weighted by Gasteiger charge is 2.31. The summed E-state index contributed by atoms with van der Waals surface area (Å²) < 4.78 is 33.9. The Hall–Kier alpha value is -3.53. The van der Waals surface area contributed by atoms with Gasteiger partial charge in [-0.2, -0.15) is 4.52 Å². The van der Waals surface area contributed by atoms with Crippen molar-refractivity contribution < 1.29 is 17.9 Å². The summed E-state index contributed by atoms with van der Waals surface area (Å²) in [5.74, 6) is 0.421. The molecular formula is C26H29N5O4S. The number of nitrogens with zero attached hydrogens (tertiary/aromatic N) is 5. The number of carbonyl (C=O) groups excluding carboxylic acids is 1. The van der Waals surface area contributed by atoms with E-state index in [2.05, 4.69) is 24.2 Å². The maximum Gasteiger partial charge on any atom is 0.310 e. The standard InChI is InChI=1S/C26H29N5O4S/c1-4-35-26(32)19-8-7-15-30(16-19)23-21-9-5-6-10-22(21)31-24(27-23)25(28-29-31)36(33,34)20-13-11-18(12-14-20)17(2)3/h5-6,9-14,17,19H,4,7-8,15-16H2,1-3H3. The highest BCUT2D eigenvalue weighted by molar-refractivity contribution is 7.91. The molecule has 5 rings (SSSR count). The maximum absolute atomic E-state index is 13.6. The van der Waals surface area contributed by atoms with E-state index in [9.17, 15) is 13.2 Å². The molecule has 1 unspecified atom stereocenters. The van der Waals surface area contributed by atoms with E-state index in [1.807, 2.05) is 41.3 Å². The van der Waals surface area contributed by atoms with E-state index in [1.54, 1.807) is 19.1 Å². The molecule has 188 valence electrons. The third-order valence-corrected chi connectivity index (χ3v) is 8.32. The number of piperidine rings is 1. The van der Waals surface area contributed by atoms with Crippen LogP contribution in [0.5, 0.6) is 0 Å². The lowest BCUT2D eigenvalue weighted by Gasteiger charge is -2.33. The van der Waals surface area contributed by atoms with E-state index >= 15 is 0 Å². The van der Waals surface area contributed by atoms with E-state index in [-0.39, 0.29) is 33.4 Å². The Labute approximate surface area is 210 Å². The number of hydrogen-bond acceptors (Lipinski definition) is 8. The van der Waals surface area contributed by atoms with Crippen LogP contribution in [-0.2, 0) is 19.4 Å². The summed E-state index contributed by atoms with van der Waals surface area (Å²) in [6.07, 6.45) is 1.55. The SMILES string of the molecule is CCOC(=O)C1CCCN(c2nc3c(S(=O)(=O)c4ccc(C(C)C)cc4)nnn3c3ccccc23)C1. The van der Waals surface area contributed by atoms with Crippen molar-refractivity contribution >= 4 is 38.2 Å². The molecule has 1 atom stereocenters. The summed E-state index contributed by atoms with van der Waals surface area (Å²) in [4.78, 5) is 19.4. The molecule has 0 spiro atoms. The van der Waals surface area contributed by atoms with E-state index < -0.39 is 9.84 Å².